The summed E-state index contributed by atoms with van der Waals surface area (Å²) in [4.78, 5) is 15.9. The van der Waals surface area contributed by atoms with E-state index in [1.165, 1.54) is 18.9 Å². The highest BCUT2D eigenvalue weighted by Gasteiger charge is 2.22. The van der Waals surface area contributed by atoms with Crippen LogP contribution in [0.5, 0.6) is 5.75 Å². The van der Waals surface area contributed by atoms with Crippen LogP contribution in [0.15, 0.2) is 41.6 Å². The van der Waals surface area contributed by atoms with Gasteiger partial charge in [0, 0.05) is 30.0 Å². The summed E-state index contributed by atoms with van der Waals surface area (Å²) in [6, 6.07) is 8.64. The molecule has 1 aliphatic carbocycles. The van der Waals surface area contributed by atoms with Crippen molar-refractivity contribution >= 4 is 17.7 Å². The molecule has 0 bridgehead atoms. The zero-order valence-corrected chi connectivity index (χ0v) is 16.3. The molecule has 0 spiro atoms. The number of carbonyl (C=O) groups excluding carboxylic acids is 1. The summed E-state index contributed by atoms with van der Waals surface area (Å²) in [6.45, 7) is 2.44. The first-order valence-electron chi connectivity index (χ1n) is 9.29. The summed E-state index contributed by atoms with van der Waals surface area (Å²) in [7, 11) is 0. The molecule has 1 fully saturated rings. The highest BCUT2D eigenvalue weighted by Crippen LogP contribution is 2.35. The van der Waals surface area contributed by atoms with E-state index < -0.39 is 0 Å². The lowest BCUT2D eigenvalue weighted by Crippen LogP contribution is -2.06. The van der Waals surface area contributed by atoms with Crippen LogP contribution in [-0.4, -0.2) is 23.3 Å². The van der Waals surface area contributed by atoms with Crippen LogP contribution in [0.25, 0.3) is 0 Å². The third-order valence-electron chi connectivity index (χ3n) is 4.33. The molecule has 27 heavy (non-hydrogen) atoms. The Balaban J connectivity index is 1.55. The molecule has 6 heteroatoms. The molecule has 0 atom stereocenters. The van der Waals surface area contributed by atoms with E-state index in [9.17, 15) is 9.18 Å². The van der Waals surface area contributed by atoms with Crippen LogP contribution in [0.4, 0.5) is 4.39 Å². The SMILES string of the molecule is CCOC(=O)CCc1ccc(OCc2cccnc2SCC2CC2)cc1F. The number of aromatic nitrogens is 1. The number of aryl methyl sites for hydroxylation is 1. The van der Waals surface area contributed by atoms with Gasteiger partial charge in [0.2, 0.25) is 0 Å². The normalized spacial score (nSPS) is 13.4. The van der Waals surface area contributed by atoms with Crippen molar-refractivity contribution in [2.45, 2.75) is 44.2 Å². The second kappa shape index (κ2) is 9.74. The van der Waals surface area contributed by atoms with Gasteiger partial charge >= 0.3 is 5.97 Å². The maximum atomic E-state index is 14.3. The fraction of sp³-hybridized carbons (Fsp3) is 0.429. The van der Waals surface area contributed by atoms with Crippen molar-refractivity contribution in [2.75, 3.05) is 12.4 Å². The first kappa shape index (κ1) is 19.7. The molecule has 1 aromatic heterocycles. The zero-order valence-electron chi connectivity index (χ0n) is 15.4. The van der Waals surface area contributed by atoms with Gasteiger partial charge in [-0.25, -0.2) is 9.37 Å². The van der Waals surface area contributed by atoms with Crippen molar-refractivity contribution in [3.05, 3.63) is 53.5 Å². The topological polar surface area (TPSA) is 48.4 Å². The second-order valence-electron chi connectivity index (χ2n) is 6.57. The quantitative estimate of drug-likeness (QED) is 0.432. The molecule has 0 aliphatic heterocycles. The Labute approximate surface area is 163 Å². The van der Waals surface area contributed by atoms with Gasteiger partial charge in [-0.2, -0.15) is 0 Å². The van der Waals surface area contributed by atoms with Gasteiger partial charge in [-0.1, -0.05) is 12.1 Å². The molecule has 4 nitrogen and oxygen atoms in total. The minimum atomic E-state index is -0.369. The van der Waals surface area contributed by atoms with E-state index in [1.807, 2.05) is 12.1 Å². The number of halogens is 1. The smallest absolute Gasteiger partial charge is 0.306 e. The number of ether oxygens (including phenoxy) is 2. The first-order chi connectivity index (χ1) is 13.2. The van der Waals surface area contributed by atoms with E-state index in [0.717, 1.165) is 22.3 Å². The predicted molar refractivity (Wildman–Crippen MR) is 103 cm³/mol. The van der Waals surface area contributed by atoms with Crippen LogP contribution in [0, 0.1) is 11.7 Å². The van der Waals surface area contributed by atoms with Crippen molar-refractivity contribution < 1.29 is 18.7 Å². The third kappa shape index (κ3) is 6.24. The van der Waals surface area contributed by atoms with Crippen LogP contribution in [0.3, 0.4) is 0 Å². The average molecular weight is 389 g/mol. The van der Waals surface area contributed by atoms with E-state index in [1.54, 1.807) is 37.0 Å². The van der Waals surface area contributed by atoms with Crippen LogP contribution in [0.1, 0.15) is 37.3 Å². The van der Waals surface area contributed by atoms with E-state index in [0.29, 0.717) is 30.9 Å². The molecular weight excluding hydrogens is 365 g/mol. The van der Waals surface area contributed by atoms with Crippen molar-refractivity contribution in [1.82, 2.24) is 4.98 Å². The number of hydrogen-bond acceptors (Lipinski definition) is 5. The van der Waals surface area contributed by atoms with Crippen molar-refractivity contribution in [3.63, 3.8) is 0 Å². The molecule has 0 N–H and O–H groups in total. The summed E-state index contributed by atoms with van der Waals surface area (Å²) in [5, 5.41) is 0.982. The molecule has 0 amide bonds. The van der Waals surface area contributed by atoms with Crippen LogP contribution in [0.2, 0.25) is 0 Å². The molecule has 0 radical (unpaired) electrons. The molecule has 1 aromatic carbocycles. The highest BCUT2D eigenvalue weighted by molar-refractivity contribution is 7.99. The van der Waals surface area contributed by atoms with Gasteiger partial charge in [-0.05, 0) is 49.8 Å². The molecule has 1 heterocycles. The Bertz CT molecular complexity index is 780. The molecule has 1 saturated carbocycles. The number of pyridine rings is 1. The van der Waals surface area contributed by atoms with Gasteiger partial charge in [-0.3, -0.25) is 4.79 Å². The lowest BCUT2D eigenvalue weighted by Gasteiger charge is -2.11. The van der Waals surface area contributed by atoms with E-state index in [4.69, 9.17) is 9.47 Å². The van der Waals surface area contributed by atoms with Crippen LogP contribution >= 0.6 is 11.8 Å². The third-order valence-corrected chi connectivity index (χ3v) is 5.60. The molecule has 0 saturated heterocycles. The molecule has 144 valence electrons. The largest absolute Gasteiger partial charge is 0.489 e. The fourth-order valence-corrected chi connectivity index (χ4v) is 3.77. The molecular formula is C21H24FNO3S. The molecule has 0 unspecified atom stereocenters. The Morgan fingerprint density at radius 1 is 1.30 bits per heavy atom. The maximum absolute atomic E-state index is 14.3. The Kier molecular flexibility index (Phi) is 7.10. The second-order valence-corrected chi connectivity index (χ2v) is 7.58. The van der Waals surface area contributed by atoms with Crippen molar-refractivity contribution in [3.8, 4) is 5.75 Å². The van der Waals surface area contributed by atoms with Gasteiger partial charge in [0.05, 0.1) is 6.61 Å². The van der Waals surface area contributed by atoms with Crippen molar-refractivity contribution in [1.29, 1.82) is 0 Å². The minimum absolute atomic E-state index is 0.169. The maximum Gasteiger partial charge on any atom is 0.306 e. The van der Waals surface area contributed by atoms with Gasteiger partial charge in [-0.15, -0.1) is 11.8 Å². The minimum Gasteiger partial charge on any atom is -0.489 e. The number of hydrogen-bond donors (Lipinski definition) is 0. The van der Waals surface area contributed by atoms with E-state index >= 15 is 0 Å². The van der Waals surface area contributed by atoms with Gasteiger partial charge in [0.25, 0.3) is 0 Å². The Morgan fingerprint density at radius 3 is 2.89 bits per heavy atom. The zero-order chi connectivity index (χ0) is 19.1. The number of thioether (sulfide) groups is 1. The summed E-state index contributed by atoms with van der Waals surface area (Å²) in [5.74, 6) is 1.70. The average Bonchev–Trinajstić information content (AvgIpc) is 3.49. The highest BCUT2D eigenvalue weighted by atomic mass is 32.2. The number of carbonyl (C=O) groups is 1. The van der Waals surface area contributed by atoms with Crippen molar-refractivity contribution in [2.24, 2.45) is 5.92 Å². The first-order valence-corrected chi connectivity index (χ1v) is 10.3. The number of rotatable bonds is 10. The number of benzene rings is 1. The van der Waals surface area contributed by atoms with Crippen LogP contribution in [-0.2, 0) is 22.6 Å². The fourth-order valence-electron chi connectivity index (χ4n) is 2.60. The molecule has 1 aliphatic rings. The monoisotopic (exact) mass is 389 g/mol. The van der Waals surface area contributed by atoms with Gasteiger partial charge in [0.15, 0.2) is 0 Å². The number of esters is 1. The lowest BCUT2D eigenvalue weighted by atomic mass is 10.1. The summed E-state index contributed by atoms with van der Waals surface area (Å²) in [5.41, 5.74) is 1.49. The van der Waals surface area contributed by atoms with E-state index in [-0.39, 0.29) is 18.2 Å². The van der Waals surface area contributed by atoms with E-state index in [2.05, 4.69) is 4.98 Å². The summed E-state index contributed by atoms with van der Waals surface area (Å²) >= 11 is 1.76. The van der Waals surface area contributed by atoms with Gasteiger partial charge in [0.1, 0.15) is 23.2 Å². The lowest BCUT2D eigenvalue weighted by molar-refractivity contribution is -0.143. The van der Waals surface area contributed by atoms with Crippen LogP contribution < -0.4 is 4.74 Å². The summed E-state index contributed by atoms with van der Waals surface area (Å²) in [6.07, 6.45) is 4.90. The molecule has 2 aromatic rings. The Morgan fingerprint density at radius 2 is 2.15 bits per heavy atom. The number of nitrogens with zero attached hydrogens (tertiary/aromatic N) is 1. The standard InChI is InChI=1S/C21H24FNO3S/c1-2-25-20(24)10-8-16-7-9-18(12-19(16)22)26-13-17-4-3-11-23-21(17)27-14-15-5-6-15/h3-4,7,9,11-12,15H,2,5-6,8,10,13-14H2,1H3. The predicted octanol–water partition coefficient (Wildman–Crippen LogP) is 4.80. The van der Waals surface area contributed by atoms with Gasteiger partial charge < -0.3 is 9.47 Å². The summed E-state index contributed by atoms with van der Waals surface area (Å²) < 4.78 is 24.9. The Hall–Kier alpha value is -2.08. The molecule has 3 rings (SSSR count).